The van der Waals surface area contributed by atoms with Gasteiger partial charge in [-0.2, -0.15) is 0 Å². The number of hydrogen-bond acceptors (Lipinski definition) is 0. The minimum atomic E-state index is 1.30. The number of unbranched alkanes of at least 4 members (excludes halogenated alkanes) is 1. The Labute approximate surface area is 44.0 Å². The van der Waals surface area contributed by atoms with Crippen molar-refractivity contribution in [3.8, 4) is 0 Å². The molecule has 0 aliphatic rings. The van der Waals surface area contributed by atoms with Gasteiger partial charge in [-0.05, 0) is 0 Å². The fraction of sp³-hybridized carbons (Fsp3) is 0.750. The predicted molar refractivity (Wildman–Crippen MR) is 21.0 cm³/mol. The van der Waals surface area contributed by atoms with Crippen LogP contribution in [0.3, 0.4) is 0 Å². The predicted octanol–water partition coefficient (Wildman–Crippen LogP) is 1.14. The van der Waals surface area contributed by atoms with E-state index in [1.807, 2.05) is 0 Å². The van der Waals surface area contributed by atoms with Crippen LogP contribution < -0.4 is 0 Å². The summed E-state index contributed by atoms with van der Waals surface area (Å²) in [6, 6.07) is 0. The summed E-state index contributed by atoms with van der Waals surface area (Å²) in [5, 5.41) is 0. The molecule has 0 N–H and O–H groups in total. The van der Waals surface area contributed by atoms with E-state index >= 15 is 0 Å². The van der Waals surface area contributed by atoms with Crippen molar-refractivity contribution in [2.45, 2.75) is 19.8 Å². The Balaban J connectivity index is 2.40. The molecule has 0 bridgehead atoms. The van der Waals surface area contributed by atoms with E-state index in [-0.39, 0.29) is 0 Å². The SMILES string of the molecule is CCC[CH]=[W]. The van der Waals surface area contributed by atoms with E-state index in [4.69, 9.17) is 0 Å². The first-order valence-corrected chi connectivity index (χ1v) is 3.54. The quantitative estimate of drug-likeness (QED) is 0.678. The topological polar surface area (TPSA) is 0 Å². The van der Waals surface area contributed by atoms with E-state index in [1.165, 1.54) is 12.8 Å². The molecule has 0 amide bonds. The van der Waals surface area contributed by atoms with Gasteiger partial charge in [0.25, 0.3) is 0 Å². The molecule has 1 heteroatoms. The molecule has 0 radical (unpaired) electrons. The molecule has 0 aromatic heterocycles. The third-order valence-electron chi connectivity index (χ3n) is 0.407. The maximum absolute atomic E-state index is 2.26. The standard InChI is InChI=1S/C4H8.W/c1-3-4-2;/h1H,3-4H2,2H3;. The fourth-order valence-corrected chi connectivity index (χ4v) is 0.965. The zero-order valence-electron chi connectivity index (χ0n) is 3.40. The Bertz CT molecular complexity index is 24.8. The van der Waals surface area contributed by atoms with E-state index in [0.717, 1.165) is 0 Å². The van der Waals surface area contributed by atoms with Crippen LogP contribution in [0.1, 0.15) is 19.8 Å². The summed E-state index contributed by atoms with van der Waals surface area (Å²) in [6.07, 6.45) is 2.61. The molecular weight excluding hydrogens is 232 g/mol. The van der Waals surface area contributed by atoms with E-state index in [1.54, 1.807) is 19.4 Å². The maximum atomic E-state index is 2.26. The second kappa shape index (κ2) is 4.56. The monoisotopic (exact) mass is 240 g/mol. The van der Waals surface area contributed by atoms with Crippen LogP contribution in [-0.4, -0.2) is 4.40 Å². The van der Waals surface area contributed by atoms with Gasteiger partial charge >= 0.3 is 43.5 Å². The molecule has 0 aromatic carbocycles. The molecule has 0 unspecified atom stereocenters. The third kappa shape index (κ3) is 4.56. The van der Waals surface area contributed by atoms with Gasteiger partial charge < -0.3 is 0 Å². The zero-order chi connectivity index (χ0) is 4.12. The van der Waals surface area contributed by atoms with Crippen molar-refractivity contribution >= 4 is 4.40 Å². The molecule has 0 saturated carbocycles. The molecule has 0 aliphatic carbocycles. The van der Waals surface area contributed by atoms with Crippen molar-refractivity contribution < 1.29 is 19.4 Å². The second-order valence-corrected chi connectivity index (χ2v) is 2.15. The Kier molecular flexibility index (Phi) is 5.07. The molecule has 0 rings (SSSR count). The Hall–Kier alpha value is 0.558. The van der Waals surface area contributed by atoms with Crippen molar-refractivity contribution in [2.75, 3.05) is 0 Å². The van der Waals surface area contributed by atoms with Crippen LogP contribution >= 0.6 is 0 Å². The summed E-state index contributed by atoms with van der Waals surface area (Å²) < 4.78 is 2.26. The molecule has 0 aliphatic heterocycles. The third-order valence-corrected chi connectivity index (χ3v) is 1.25. The van der Waals surface area contributed by atoms with Gasteiger partial charge in [-0.25, -0.2) is 0 Å². The summed E-state index contributed by atoms with van der Waals surface area (Å²) in [6.45, 7) is 2.19. The zero-order valence-corrected chi connectivity index (χ0v) is 6.33. The van der Waals surface area contributed by atoms with E-state index in [9.17, 15) is 0 Å². The molecular formula is C4H8W. The molecule has 0 spiro atoms. The van der Waals surface area contributed by atoms with E-state index in [2.05, 4.69) is 11.3 Å². The molecule has 5 heavy (non-hydrogen) atoms. The van der Waals surface area contributed by atoms with Gasteiger partial charge in [-0.3, -0.25) is 0 Å². The van der Waals surface area contributed by atoms with Crippen LogP contribution in [0, 0.1) is 0 Å². The second-order valence-electron chi connectivity index (χ2n) is 0.955. The van der Waals surface area contributed by atoms with Gasteiger partial charge in [0, 0.05) is 0 Å². The van der Waals surface area contributed by atoms with Crippen LogP contribution in [-0.2, 0) is 19.4 Å². The average molecular weight is 240 g/mol. The fourth-order valence-electron chi connectivity index (χ4n) is 0.118. The van der Waals surface area contributed by atoms with Crippen molar-refractivity contribution in [3.05, 3.63) is 0 Å². The van der Waals surface area contributed by atoms with Crippen LogP contribution in [0.15, 0.2) is 0 Å². The first-order valence-electron chi connectivity index (χ1n) is 1.85. The van der Waals surface area contributed by atoms with Gasteiger partial charge in [0.05, 0.1) is 0 Å². The number of rotatable bonds is 2. The summed E-state index contributed by atoms with van der Waals surface area (Å²) >= 11 is 1.60. The Morgan fingerprint density at radius 3 is 2.40 bits per heavy atom. The molecule has 0 saturated heterocycles. The van der Waals surface area contributed by atoms with E-state index < -0.39 is 0 Å². The van der Waals surface area contributed by atoms with Crippen molar-refractivity contribution in [1.82, 2.24) is 0 Å². The van der Waals surface area contributed by atoms with Gasteiger partial charge in [0.2, 0.25) is 0 Å². The normalized spacial score (nSPS) is 7.40. The molecule has 0 atom stereocenters. The average Bonchev–Trinajstić information content (AvgIpc) is 1.41. The van der Waals surface area contributed by atoms with Crippen LogP contribution in [0.5, 0.6) is 0 Å². The van der Waals surface area contributed by atoms with Crippen molar-refractivity contribution in [1.29, 1.82) is 0 Å². The Morgan fingerprint density at radius 1 is 1.80 bits per heavy atom. The van der Waals surface area contributed by atoms with Crippen LogP contribution in [0.4, 0.5) is 0 Å². The summed E-state index contributed by atoms with van der Waals surface area (Å²) in [5.41, 5.74) is 0. The van der Waals surface area contributed by atoms with Crippen LogP contribution in [0.2, 0.25) is 0 Å². The van der Waals surface area contributed by atoms with Gasteiger partial charge in [-0.15, -0.1) is 0 Å². The van der Waals surface area contributed by atoms with E-state index in [0.29, 0.717) is 0 Å². The summed E-state index contributed by atoms with van der Waals surface area (Å²) in [4.78, 5) is 0. The van der Waals surface area contributed by atoms with Gasteiger partial charge in [-0.1, -0.05) is 0 Å². The van der Waals surface area contributed by atoms with Crippen molar-refractivity contribution in [2.24, 2.45) is 0 Å². The first-order chi connectivity index (χ1) is 2.41. The minimum absolute atomic E-state index is 1.30. The molecule has 0 fully saturated rings. The van der Waals surface area contributed by atoms with Gasteiger partial charge in [0.1, 0.15) is 0 Å². The first kappa shape index (κ1) is 5.56. The van der Waals surface area contributed by atoms with Crippen LogP contribution in [0.25, 0.3) is 0 Å². The summed E-state index contributed by atoms with van der Waals surface area (Å²) in [7, 11) is 0. The molecule has 30 valence electrons. The number of hydrogen-bond donors (Lipinski definition) is 0. The molecule has 0 aromatic rings. The molecule has 0 heterocycles. The van der Waals surface area contributed by atoms with Crippen molar-refractivity contribution in [3.63, 3.8) is 0 Å². The summed E-state index contributed by atoms with van der Waals surface area (Å²) in [5.74, 6) is 0. The Morgan fingerprint density at radius 2 is 2.40 bits per heavy atom. The van der Waals surface area contributed by atoms with Gasteiger partial charge in [0.15, 0.2) is 0 Å². The molecule has 0 nitrogen and oxygen atoms in total.